The van der Waals surface area contributed by atoms with Crippen molar-refractivity contribution < 1.29 is 14.0 Å². The minimum Gasteiger partial charge on any atom is -0.454 e. The molecule has 0 aliphatic heterocycles. The van der Waals surface area contributed by atoms with Gasteiger partial charge in [-0.05, 0) is 17.3 Å². The maximum Gasteiger partial charge on any atom is 0.289 e. The van der Waals surface area contributed by atoms with E-state index in [1.807, 2.05) is 0 Å². The van der Waals surface area contributed by atoms with E-state index in [0.29, 0.717) is 5.76 Å². The van der Waals surface area contributed by atoms with E-state index in [0.717, 1.165) is 0 Å². The zero-order chi connectivity index (χ0) is 14.5. The first-order valence-electron chi connectivity index (χ1n) is 5.84. The number of furan rings is 1. The van der Waals surface area contributed by atoms with Crippen LogP contribution in [0.3, 0.4) is 0 Å². The van der Waals surface area contributed by atoms with E-state index >= 15 is 0 Å². The highest BCUT2D eigenvalue weighted by Crippen LogP contribution is 2.09. The van der Waals surface area contributed by atoms with E-state index in [1.165, 1.54) is 16.0 Å². The number of nitrogens with zero attached hydrogens (tertiary/aromatic N) is 5. The molecule has 0 radical (unpaired) electrons. The van der Waals surface area contributed by atoms with E-state index in [1.54, 1.807) is 26.2 Å². The smallest absolute Gasteiger partial charge is 0.289 e. The Morgan fingerprint density at radius 2 is 2.20 bits per heavy atom. The topological polar surface area (TPSA) is 106 Å². The molecule has 106 valence electrons. The van der Waals surface area contributed by atoms with Crippen LogP contribution in [-0.2, 0) is 17.9 Å². The van der Waals surface area contributed by atoms with Crippen LogP contribution < -0.4 is 5.32 Å². The predicted molar refractivity (Wildman–Crippen MR) is 66.4 cm³/mol. The fourth-order valence-corrected chi connectivity index (χ4v) is 1.44. The maximum absolute atomic E-state index is 11.6. The number of carbonyl (C=O) groups excluding carboxylic acids is 2. The first-order chi connectivity index (χ1) is 9.56. The summed E-state index contributed by atoms with van der Waals surface area (Å²) < 4.78 is 5.34. The van der Waals surface area contributed by atoms with Gasteiger partial charge in [-0.25, -0.2) is 0 Å². The Bertz CT molecular complexity index is 589. The lowest BCUT2D eigenvalue weighted by Crippen LogP contribution is -2.28. The molecule has 2 heterocycles. The van der Waals surface area contributed by atoms with Crippen molar-refractivity contribution in [3.05, 3.63) is 30.0 Å². The monoisotopic (exact) mass is 278 g/mol. The molecule has 0 spiro atoms. The second-order valence-corrected chi connectivity index (χ2v) is 4.21. The van der Waals surface area contributed by atoms with E-state index < -0.39 is 0 Å². The third kappa shape index (κ3) is 3.40. The van der Waals surface area contributed by atoms with Gasteiger partial charge in [0.25, 0.3) is 5.91 Å². The second-order valence-electron chi connectivity index (χ2n) is 4.21. The van der Waals surface area contributed by atoms with Crippen LogP contribution in [0, 0.1) is 0 Å². The fourth-order valence-electron chi connectivity index (χ4n) is 1.44. The average molecular weight is 278 g/mol. The van der Waals surface area contributed by atoms with Crippen molar-refractivity contribution in [2.24, 2.45) is 0 Å². The summed E-state index contributed by atoms with van der Waals surface area (Å²) in [6.45, 7) is 0.165. The zero-order valence-corrected chi connectivity index (χ0v) is 11.1. The van der Waals surface area contributed by atoms with Gasteiger partial charge in [0.15, 0.2) is 12.1 Å². The molecule has 0 unspecified atom stereocenters. The number of aromatic nitrogens is 4. The molecule has 20 heavy (non-hydrogen) atoms. The molecular weight excluding hydrogens is 264 g/mol. The van der Waals surface area contributed by atoms with Crippen LogP contribution in [0.25, 0.3) is 0 Å². The number of hydrogen-bond donors (Lipinski definition) is 1. The van der Waals surface area contributed by atoms with Gasteiger partial charge in [0.1, 0.15) is 12.3 Å². The summed E-state index contributed by atoms with van der Waals surface area (Å²) in [4.78, 5) is 25.8. The number of carbonyl (C=O) groups is 2. The van der Waals surface area contributed by atoms with E-state index in [-0.39, 0.29) is 30.7 Å². The molecule has 0 fully saturated rings. The Balaban J connectivity index is 1.85. The quantitative estimate of drug-likeness (QED) is 0.774. The summed E-state index contributed by atoms with van der Waals surface area (Å²) in [5.41, 5.74) is 0. The summed E-state index contributed by atoms with van der Waals surface area (Å²) in [6.07, 6.45) is 1.25. The number of nitrogens with one attached hydrogen (secondary N) is 1. The van der Waals surface area contributed by atoms with Crippen LogP contribution in [-0.4, -0.2) is 51.0 Å². The number of hydrogen-bond acceptors (Lipinski definition) is 6. The van der Waals surface area contributed by atoms with Crippen molar-refractivity contribution >= 4 is 11.8 Å². The van der Waals surface area contributed by atoms with Gasteiger partial charge in [-0.1, -0.05) is 0 Å². The second kappa shape index (κ2) is 5.95. The summed E-state index contributed by atoms with van der Waals surface area (Å²) in [7, 11) is 3.27. The van der Waals surface area contributed by atoms with E-state index in [4.69, 9.17) is 4.42 Å². The minimum absolute atomic E-state index is 0.0236. The Kier molecular flexibility index (Phi) is 4.08. The van der Waals surface area contributed by atoms with E-state index in [2.05, 4.69) is 20.7 Å². The van der Waals surface area contributed by atoms with Gasteiger partial charge >= 0.3 is 0 Å². The Labute approximate surface area is 114 Å². The van der Waals surface area contributed by atoms with Crippen LogP contribution in [0.15, 0.2) is 22.9 Å². The van der Waals surface area contributed by atoms with Gasteiger partial charge in [0.05, 0.1) is 6.54 Å². The normalized spacial score (nSPS) is 10.3. The lowest BCUT2D eigenvalue weighted by Gasteiger charge is -2.07. The molecule has 0 bridgehead atoms. The molecule has 0 saturated carbocycles. The van der Waals surface area contributed by atoms with Gasteiger partial charge < -0.3 is 14.6 Å². The van der Waals surface area contributed by atoms with Crippen LogP contribution in [0.5, 0.6) is 0 Å². The fraction of sp³-hybridized carbons (Fsp3) is 0.364. The molecule has 2 rings (SSSR count). The highest BCUT2D eigenvalue weighted by Gasteiger charge is 2.13. The van der Waals surface area contributed by atoms with Gasteiger partial charge in [-0.15, -0.1) is 10.2 Å². The molecule has 0 aliphatic carbocycles. The number of tetrazole rings is 1. The summed E-state index contributed by atoms with van der Waals surface area (Å²) in [5.74, 6) is 0.224. The summed E-state index contributed by atoms with van der Waals surface area (Å²) in [6, 6.07) is 3.22. The van der Waals surface area contributed by atoms with Crippen LogP contribution in [0.1, 0.15) is 16.3 Å². The number of rotatable bonds is 5. The molecule has 2 aromatic rings. The molecule has 0 aromatic carbocycles. The highest BCUT2D eigenvalue weighted by molar-refractivity contribution is 5.91. The molecular formula is C11H14N6O3. The third-order valence-corrected chi connectivity index (χ3v) is 2.41. The minimum atomic E-state index is -0.278. The zero-order valence-electron chi connectivity index (χ0n) is 11.1. The van der Waals surface area contributed by atoms with Crippen molar-refractivity contribution in [3.8, 4) is 0 Å². The lowest BCUT2D eigenvalue weighted by molar-refractivity contribution is -0.122. The SMILES string of the molecule is CN(C)C(=O)c1ccc(CNC(=O)Cn2ncnn2)o1. The van der Waals surface area contributed by atoms with Gasteiger partial charge in [-0.2, -0.15) is 4.80 Å². The van der Waals surface area contributed by atoms with Crippen LogP contribution in [0.2, 0.25) is 0 Å². The van der Waals surface area contributed by atoms with Gasteiger partial charge in [0, 0.05) is 14.1 Å². The van der Waals surface area contributed by atoms with Crippen LogP contribution >= 0.6 is 0 Å². The molecule has 9 nitrogen and oxygen atoms in total. The largest absolute Gasteiger partial charge is 0.454 e. The van der Waals surface area contributed by atoms with Crippen molar-refractivity contribution in [2.45, 2.75) is 13.1 Å². The Morgan fingerprint density at radius 1 is 1.40 bits per heavy atom. The number of amides is 2. The standard InChI is InChI=1S/C11H14N6O3/c1-16(2)11(19)9-4-3-8(20-9)5-12-10(18)6-17-14-7-13-15-17/h3-4,7H,5-6H2,1-2H3,(H,12,18). The summed E-state index contributed by atoms with van der Waals surface area (Å²) in [5, 5.41) is 13.4. The van der Waals surface area contributed by atoms with Crippen molar-refractivity contribution in [2.75, 3.05) is 14.1 Å². The average Bonchev–Trinajstić information content (AvgIpc) is 3.06. The molecule has 2 amide bonds. The van der Waals surface area contributed by atoms with Gasteiger partial charge in [0.2, 0.25) is 5.91 Å². The third-order valence-electron chi connectivity index (χ3n) is 2.41. The molecule has 2 aromatic heterocycles. The Morgan fingerprint density at radius 3 is 2.85 bits per heavy atom. The molecule has 0 saturated heterocycles. The first-order valence-corrected chi connectivity index (χ1v) is 5.84. The van der Waals surface area contributed by atoms with Crippen LogP contribution in [0.4, 0.5) is 0 Å². The van der Waals surface area contributed by atoms with E-state index in [9.17, 15) is 9.59 Å². The predicted octanol–water partition coefficient (Wildman–Crippen LogP) is -0.716. The molecule has 1 N–H and O–H groups in total. The molecule has 9 heteroatoms. The lowest BCUT2D eigenvalue weighted by atomic mass is 10.4. The Hall–Kier alpha value is -2.71. The van der Waals surface area contributed by atoms with Gasteiger partial charge in [-0.3, -0.25) is 9.59 Å². The maximum atomic E-state index is 11.6. The van der Waals surface area contributed by atoms with Crippen molar-refractivity contribution in [1.29, 1.82) is 0 Å². The molecule has 0 atom stereocenters. The first kappa shape index (κ1) is 13.7. The van der Waals surface area contributed by atoms with Crippen molar-refractivity contribution in [3.63, 3.8) is 0 Å². The molecule has 0 aliphatic rings. The highest BCUT2D eigenvalue weighted by atomic mass is 16.4. The summed E-state index contributed by atoms with van der Waals surface area (Å²) >= 11 is 0. The van der Waals surface area contributed by atoms with Crippen molar-refractivity contribution in [1.82, 2.24) is 30.4 Å².